The van der Waals surface area contributed by atoms with E-state index in [0.717, 1.165) is 17.0 Å². The van der Waals surface area contributed by atoms with Crippen LogP contribution in [0.2, 0.25) is 0 Å². The fourth-order valence-electron chi connectivity index (χ4n) is 2.59. The molecular formula is C15H20N4O2. The number of nitrogens with one attached hydrogen (secondary N) is 1. The van der Waals surface area contributed by atoms with Gasteiger partial charge in [-0.3, -0.25) is 9.48 Å². The van der Waals surface area contributed by atoms with Crippen LogP contribution in [-0.2, 0) is 30.2 Å². The third kappa shape index (κ3) is 2.51. The van der Waals surface area contributed by atoms with E-state index in [4.69, 9.17) is 4.74 Å². The van der Waals surface area contributed by atoms with Gasteiger partial charge in [-0.05, 0) is 0 Å². The first-order valence-corrected chi connectivity index (χ1v) is 7.10. The van der Waals surface area contributed by atoms with Crippen LogP contribution in [0.5, 0.6) is 0 Å². The third-order valence-electron chi connectivity index (χ3n) is 3.63. The maximum atomic E-state index is 12.2. The zero-order valence-corrected chi connectivity index (χ0v) is 12.9. The van der Waals surface area contributed by atoms with E-state index in [-0.39, 0.29) is 11.0 Å². The molecule has 6 nitrogen and oxygen atoms in total. The molecule has 2 aromatic heterocycles. The molecule has 3 rings (SSSR count). The van der Waals surface area contributed by atoms with Crippen LogP contribution in [0.3, 0.4) is 0 Å². The van der Waals surface area contributed by atoms with Gasteiger partial charge in [-0.2, -0.15) is 5.10 Å². The van der Waals surface area contributed by atoms with E-state index in [1.54, 1.807) is 4.68 Å². The first-order valence-electron chi connectivity index (χ1n) is 7.10. The van der Waals surface area contributed by atoms with E-state index in [9.17, 15) is 4.79 Å². The molecule has 3 heterocycles. The van der Waals surface area contributed by atoms with Gasteiger partial charge in [-0.25, -0.2) is 4.98 Å². The third-order valence-corrected chi connectivity index (χ3v) is 3.63. The highest BCUT2D eigenvalue weighted by Crippen LogP contribution is 2.30. The summed E-state index contributed by atoms with van der Waals surface area (Å²) in [5.74, 6) is 0.596. The van der Waals surface area contributed by atoms with Crippen LogP contribution < -0.4 is 5.56 Å². The predicted octanol–water partition coefficient (Wildman–Crippen LogP) is 1.54. The minimum atomic E-state index is -0.117. The van der Waals surface area contributed by atoms with Crippen molar-refractivity contribution < 1.29 is 4.74 Å². The van der Waals surface area contributed by atoms with E-state index in [1.807, 2.05) is 13.2 Å². The van der Waals surface area contributed by atoms with Crippen LogP contribution in [0.1, 0.15) is 37.7 Å². The Labute approximate surface area is 123 Å². The average molecular weight is 288 g/mol. The molecule has 1 aliphatic rings. The monoisotopic (exact) mass is 288 g/mol. The van der Waals surface area contributed by atoms with E-state index in [2.05, 4.69) is 35.8 Å². The normalized spacial score (nSPS) is 15.0. The Kier molecular flexibility index (Phi) is 3.20. The van der Waals surface area contributed by atoms with E-state index in [1.165, 1.54) is 0 Å². The summed E-state index contributed by atoms with van der Waals surface area (Å²) in [5, 5.41) is 4.53. The molecule has 0 spiro atoms. The van der Waals surface area contributed by atoms with Gasteiger partial charge in [0, 0.05) is 25.1 Å². The van der Waals surface area contributed by atoms with Crippen molar-refractivity contribution in [3.63, 3.8) is 0 Å². The molecule has 6 heteroatoms. The van der Waals surface area contributed by atoms with Crippen molar-refractivity contribution in [2.24, 2.45) is 7.05 Å². The molecule has 0 aliphatic carbocycles. The molecule has 0 atom stereocenters. The van der Waals surface area contributed by atoms with Gasteiger partial charge in [0.25, 0.3) is 5.56 Å². The summed E-state index contributed by atoms with van der Waals surface area (Å²) in [7, 11) is 1.88. The Bertz CT molecular complexity index is 737. The molecule has 0 saturated carbocycles. The quantitative estimate of drug-likeness (QED) is 0.864. The highest BCUT2D eigenvalue weighted by molar-refractivity contribution is 5.59. The number of ether oxygens (including phenoxy) is 1. The van der Waals surface area contributed by atoms with Gasteiger partial charge in [0.05, 0.1) is 35.7 Å². The van der Waals surface area contributed by atoms with Crippen molar-refractivity contribution in [2.45, 2.75) is 39.2 Å². The largest absolute Gasteiger partial charge is 0.376 e. The Morgan fingerprint density at radius 2 is 2.14 bits per heavy atom. The average Bonchev–Trinajstić information content (AvgIpc) is 2.81. The van der Waals surface area contributed by atoms with Gasteiger partial charge >= 0.3 is 0 Å². The standard InChI is InChI=1S/C15H20N4O2/c1-15(2,3)12-9(7-19(4)18-12)13-16-11-5-6-21-8-10(11)14(20)17-13/h7H,5-6,8H2,1-4H3,(H,16,17,20). The molecule has 0 bridgehead atoms. The zero-order chi connectivity index (χ0) is 15.2. The maximum absolute atomic E-state index is 12.2. The summed E-state index contributed by atoms with van der Waals surface area (Å²) in [6.45, 7) is 7.26. The fourth-order valence-corrected chi connectivity index (χ4v) is 2.59. The van der Waals surface area contributed by atoms with Crippen LogP contribution in [0.4, 0.5) is 0 Å². The highest BCUT2D eigenvalue weighted by Gasteiger charge is 2.25. The summed E-state index contributed by atoms with van der Waals surface area (Å²) < 4.78 is 7.09. The van der Waals surface area contributed by atoms with Crippen molar-refractivity contribution >= 4 is 0 Å². The van der Waals surface area contributed by atoms with Crippen molar-refractivity contribution in [1.29, 1.82) is 0 Å². The lowest BCUT2D eigenvalue weighted by Crippen LogP contribution is -2.24. The Morgan fingerprint density at radius 1 is 1.38 bits per heavy atom. The number of aromatic nitrogens is 4. The Morgan fingerprint density at radius 3 is 2.86 bits per heavy atom. The Balaban J connectivity index is 2.18. The smallest absolute Gasteiger partial charge is 0.256 e. The number of rotatable bonds is 1. The SMILES string of the molecule is Cn1cc(-c2nc3c(c(=O)[nH]2)COCC3)c(C(C)(C)C)n1. The molecule has 0 fully saturated rings. The van der Waals surface area contributed by atoms with Crippen LogP contribution in [0.25, 0.3) is 11.4 Å². The lowest BCUT2D eigenvalue weighted by Gasteiger charge is -2.18. The number of hydrogen-bond acceptors (Lipinski definition) is 4. The summed E-state index contributed by atoms with van der Waals surface area (Å²) >= 11 is 0. The second kappa shape index (κ2) is 4.80. The second-order valence-electron chi connectivity index (χ2n) is 6.46. The molecule has 1 N–H and O–H groups in total. The molecule has 0 amide bonds. The summed E-state index contributed by atoms with van der Waals surface area (Å²) in [5.41, 5.74) is 3.07. The number of aryl methyl sites for hydroxylation is 1. The summed E-state index contributed by atoms with van der Waals surface area (Å²) in [4.78, 5) is 19.7. The zero-order valence-electron chi connectivity index (χ0n) is 12.9. The molecule has 0 unspecified atom stereocenters. The predicted molar refractivity (Wildman–Crippen MR) is 79.1 cm³/mol. The van der Waals surface area contributed by atoms with Crippen molar-refractivity contribution in [1.82, 2.24) is 19.7 Å². The molecule has 0 saturated heterocycles. The fraction of sp³-hybridized carbons (Fsp3) is 0.533. The number of aromatic amines is 1. The van der Waals surface area contributed by atoms with E-state index < -0.39 is 0 Å². The Hall–Kier alpha value is -1.95. The van der Waals surface area contributed by atoms with Crippen LogP contribution >= 0.6 is 0 Å². The number of hydrogen-bond donors (Lipinski definition) is 1. The van der Waals surface area contributed by atoms with Crippen molar-refractivity contribution in [2.75, 3.05) is 6.61 Å². The topological polar surface area (TPSA) is 72.8 Å². The first kappa shape index (κ1) is 14.0. The van der Waals surface area contributed by atoms with Gasteiger partial charge < -0.3 is 9.72 Å². The van der Waals surface area contributed by atoms with E-state index in [0.29, 0.717) is 31.0 Å². The van der Waals surface area contributed by atoms with E-state index >= 15 is 0 Å². The molecular weight excluding hydrogens is 268 g/mol. The van der Waals surface area contributed by atoms with Crippen molar-refractivity contribution in [3.05, 3.63) is 33.5 Å². The number of H-pyrrole nitrogens is 1. The lowest BCUT2D eigenvalue weighted by molar-refractivity contribution is 0.108. The number of nitrogens with zero attached hydrogens (tertiary/aromatic N) is 3. The van der Waals surface area contributed by atoms with Gasteiger partial charge in [0.2, 0.25) is 0 Å². The molecule has 0 radical (unpaired) electrons. The van der Waals surface area contributed by atoms with Gasteiger partial charge in [0.15, 0.2) is 0 Å². The van der Waals surface area contributed by atoms with Crippen LogP contribution in [0.15, 0.2) is 11.0 Å². The molecule has 21 heavy (non-hydrogen) atoms. The minimum Gasteiger partial charge on any atom is -0.376 e. The first-order chi connectivity index (χ1) is 9.86. The summed E-state index contributed by atoms with van der Waals surface area (Å²) in [6.07, 6.45) is 2.59. The highest BCUT2D eigenvalue weighted by atomic mass is 16.5. The molecule has 0 aromatic carbocycles. The molecule has 112 valence electrons. The second-order valence-corrected chi connectivity index (χ2v) is 6.46. The van der Waals surface area contributed by atoms with Gasteiger partial charge in [-0.1, -0.05) is 20.8 Å². The maximum Gasteiger partial charge on any atom is 0.256 e. The number of fused-ring (bicyclic) bond motifs is 1. The molecule has 1 aliphatic heterocycles. The lowest BCUT2D eigenvalue weighted by atomic mass is 9.89. The molecule has 2 aromatic rings. The summed E-state index contributed by atoms with van der Waals surface area (Å²) in [6, 6.07) is 0. The van der Waals surface area contributed by atoms with Gasteiger partial charge in [0.1, 0.15) is 5.82 Å². The van der Waals surface area contributed by atoms with Crippen molar-refractivity contribution in [3.8, 4) is 11.4 Å². The van der Waals surface area contributed by atoms with Crippen LogP contribution in [0, 0.1) is 0 Å². The van der Waals surface area contributed by atoms with Gasteiger partial charge in [-0.15, -0.1) is 0 Å². The van der Waals surface area contributed by atoms with Crippen LogP contribution in [-0.4, -0.2) is 26.4 Å². The minimum absolute atomic E-state index is 0.113.